The zero-order valence-corrected chi connectivity index (χ0v) is 20.8. The average Bonchev–Trinajstić information content (AvgIpc) is 3.21. The van der Waals surface area contributed by atoms with Crippen molar-refractivity contribution in [2.75, 3.05) is 11.1 Å². The van der Waals surface area contributed by atoms with E-state index in [-0.39, 0.29) is 24.1 Å². The van der Waals surface area contributed by atoms with Gasteiger partial charge in [-0.3, -0.25) is 9.59 Å². The van der Waals surface area contributed by atoms with E-state index in [2.05, 4.69) is 34.7 Å². The predicted octanol–water partition coefficient (Wildman–Crippen LogP) is 3.75. The minimum absolute atomic E-state index is 0.110. The number of rotatable bonds is 11. The van der Waals surface area contributed by atoms with E-state index in [0.29, 0.717) is 16.7 Å². The Morgan fingerprint density at radius 2 is 1.79 bits per heavy atom. The van der Waals surface area contributed by atoms with Gasteiger partial charge < -0.3 is 19.9 Å². The van der Waals surface area contributed by atoms with Crippen molar-refractivity contribution in [1.29, 1.82) is 0 Å². The van der Waals surface area contributed by atoms with Crippen LogP contribution in [0.3, 0.4) is 0 Å². The lowest BCUT2D eigenvalue weighted by Gasteiger charge is -2.15. The third-order valence-electron chi connectivity index (χ3n) is 5.36. The number of para-hydroxylation sites is 1. The van der Waals surface area contributed by atoms with Crippen LogP contribution in [0.15, 0.2) is 53.7 Å². The molecule has 0 saturated heterocycles. The van der Waals surface area contributed by atoms with Crippen molar-refractivity contribution in [3.63, 3.8) is 0 Å². The average molecular weight is 482 g/mol. The summed E-state index contributed by atoms with van der Waals surface area (Å²) < 4.78 is 7.50. The van der Waals surface area contributed by atoms with Gasteiger partial charge in [-0.25, -0.2) is 0 Å². The first kappa shape index (κ1) is 25.3. The van der Waals surface area contributed by atoms with Gasteiger partial charge in [0.05, 0.1) is 12.3 Å². The van der Waals surface area contributed by atoms with Crippen LogP contribution in [0.1, 0.15) is 37.7 Å². The Kier molecular flexibility index (Phi) is 9.09. The Morgan fingerprint density at radius 1 is 1.06 bits per heavy atom. The monoisotopic (exact) mass is 481 g/mol. The van der Waals surface area contributed by atoms with E-state index in [1.165, 1.54) is 17.3 Å². The molecule has 1 heterocycles. The van der Waals surface area contributed by atoms with Crippen LogP contribution in [0, 0.1) is 0 Å². The van der Waals surface area contributed by atoms with Gasteiger partial charge in [0.1, 0.15) is 5.75 Å². The van der Waals surface area contributed by atoms with Crippen LogP contribution >= 0.6 is 11.8 Å². The molecular weight excluding hydrogens is 450 g/mol. The fourth-order valence-electron chi connectivity index (χ4n) is 3.26. The molecule has 9 heteroatoms. The number of aryl methyl sites for hydroxylation is 2. The summed E-state index contributed by atoms with van der Waals surface area (Å²) in [6.07, 6.45) is 1.15. The van der Waals surface area contributed by atoms with E-state index in [4.69, 9.17) is 4.74 Å². The van der Waals surface area contributed by atoms with E-state index in [1.807, 2.05) is 55.6 Å². The van der Waals surface area contributed by atoms with Crippen molar-refractivity contribution in [2.24, 2.45) is 7.05 Å². The number of anilines is 1. The summed E-state index contributed by atoms with van der Waals surface area (Å²) in [6.45, 7) is 6.05. The molecule has 0 spiro atoms. The Morgan fingerprint density at radius 3 is 2.50 bits per heavy atom. The van der Waals surface area contributed by atoms with Crippen molar-refractivity contribution in [3.05, 3.63) is 65.5 Å². The highest BCUT2D eigenvalue weighted by molar-refractivity contribution is 7.99. The van der Waals surface area contributed by atoms with Crippen molar-refractivity contribution in [3.8, 4) is 5.75 Å². The summed E-state index contributed by atoms with van der Waals surface area (Å²) in [7, 11) is 1.81. The van der Waals surface area contributed by atoms with E-state index in [9.17, 15) is 9.59 Å². The molecule has 0 unspecified atom stereocenters. The third kappa shape index (κ3) is 6.84. The smallest absolute Gasteiger partial charge is 0.261 e. The van der Waals surface area contributed by atoms with Gasteiger partial charge in [-0.1, -0.05) is 55.9 Å². The molecule has 2 aromatic carbocycles. The number of amides is 2. The van der Waals surface area contributed by atoms with Crippen LogP contribution in [-0.2, 0) is 36.0 Å². The minimum atomic E-state index is -0.649. The molecule has 180 valence electrons. The normalized spacial score (nSPS) is 11.6. The molecule has 34 heavy (non-hydrogen) atoms. The van der Waals surface area contributed by atoms with Gasteiger partial charge in [-0.05, 0) is 49.1 Å². The Balaban J connectivity index is 1.47. The van der Waals surface area contributed by atoms with Gasteiger partial charge in [0.2, 0.25) is 5.91 Å². The Hall–Kier alpha value is -3.33. The Bertz CT molecular complexity index is 1110. The highest BCUT2D eigenvalue weighted by Crippen LogP contribution is 2.19. The zero-order valence-electron chi connectivity index (χ0n) is 20.0. The second-order valence-electron chi connectivity index (χ2n) is 7.78. The van der Waals surface area contributed by atoms with E-state index in [0.717, 1.165) is 24.1 Å². The van der Waals surface area contributed by atoms with Gasteiger partial charge in [0.25, 0.3) is 5.91 Å². The second-order valence-corrected chi connectivity index (χ2v) is 8.72. The number of benzene rings is 2. The predicted molar refractivity (Wildman–Crippen MR) is 134 cm³/mol. The highest BCUT2D eigenvalue weighted by atomic mass is 32.2. The molecular formula is C25H31N5O3S. The Labute approximate surface area is 204 Å². The standard InChI is InChI=1S/C25H31N5O3S/c1-5-18-11-13-20(14-12-18)33-17(3)24(32)26-15-22-28-29-25(30(22)4)34-16-23(31)27-21-10-8-7-9-19(21)6-2/h7-14,17H,5-6,15-16H2,1-4H3,(H,26,32)(H,27,31)/t17-/m1/s1. The first-order valence-electron chi connectivity index (χ1n) is 11.3. The van der Waals surface area contributed by atoms with Crippen molar-refractivity contribution < 1.29 is 14.3 Å². The van der Waals surface area contributed by atoms with E-state index in [1.54, 1.807) is 11.5 Å². The molecule has 3 rings (SSSR count). The van der Waals surface area contributed by atoms with Crippen LogP contribution in [0.25, 0.3) is 0 Å². The number of carbonyl (C=O) groups excluding carboxylic acids is 2. The largest absolute Gasteiger partial charge is 0.481 e. The lowest BCUT2D eigenvalue weighted by molar-refractivity contribution is -0.127. The van der Waals surface area contributed by atoms with E-state index < -0.39 is 6.10 Å². The second kappa shape index (κ2) is 12.2. The molecule has 8 nitrogen and oxygen atoms in total. The number of ether oxygens (including phenoxy) is 1. The highest BCUT2D eigenvalue weighted by Gasteiger charge is 2.17. The number of nitrogens with zero attached hydrogens (tertiary/aromatic N) is 3. The van der Waals surface area contributed by atoms with Crippen LogP contribution in [-0.4, -0.2) is 38.4 Å². The molecule has 1 atom stereocenters. The van der Waals surface area contributed by atoms with Crippen LogP contribution in [0.4, 0.5) is 5.69 Å². The fourth-order valence-corrected chi connectivity index (χ4v) is 3.99. The summed E-state index contributed by atoms with van der Waals surface area (Å²) in [4.78, 5) is 24.8. The number of aromatic nitrogens is 3. The maximum atomic E-state index is 12.5. The number of hydrogen-bond donors (Lipinski definition) is 2. The zero-order chi connectivity index (χ0) is 24.5. The number of nitrogens with one attached hydrogen (secondary N) is 2. The maximum Gasteiger partial charge on any atom is 0.261 e. The van der Waals surface area contributed by atoms with Crippen molar-refractivity contribution >= 4 is 29.3 Å². The molecule has 3 aromatic rings. The SMILES string of the molecule is CCc1ccc(O[C@H](C)C(=O)NCc2nnc(SCC(=O)Nc3ccccc3CC)n2C)cc1. The van der Waals surface area contributed by atoms with Crippen LogP contribution < -0.4 is 15.4 Å². The van der Waals surface area contributed by atoms with Gasteiger partial charge in [0, 0.05) is 12.7 Å². The topological polar surface area (TPSA) is 98.1 Å². The molecule has 0 radical (unpaired) electrons. The van der Waals surface area contributed by atoms with Crippen LogP contribution in [0.5, 0.6) is 5.75 Å². The molecule has 0 aliphatic heterocycles. The quantitative estimate of drug-likeness (QED) is 0.405. The first-order chi connectivity index (χ1) is 16.4. The summed E-state index contributed by atoms with van der Waals surface area (Å²) in [5.74, 6) is 1.09. The first-order valence-corrected chi connectivity index (χ1v) is 12.3. The number of carbonyl (C=O) groups is 2. The van der Waals surface area contributed by atoms with Crippen LogP contribution in [0.2, 0.25) is 0 Å². The molecule has 0 saturated carbocycles. The third-order valence-corrected chi connectivity index (χ3v) is 6.38. The molecule has 0 bridgehead atoms. The van der Waals surface area contributed by atoms with Gasteiger partial charge in [-0.15, -0.1) is 10.2 Å². The molecule has 1 aromatic heterocycles. The number of thioether (sulfide) groups is 1. The summed E-state index contributed by atoms with van der Waals surface area (Å²) in [5, 5.41) is 14.7. The van der Waals surface area contributed by atoms with Gasteiger partial charge in [-0.2, -0.15) is 0 Å². The van der Waals surface area contributed by atoms with Crippen molar-refractivity contribution in [2.45, 2.75) is 51.4 Å². The maximum absolute atomic E-state index is 12.5. The number of hydrogen-bond acceptors (Lipinski definition) is 6. The van der Waals surface area contributed by atoms with Gasteiger partial charge in [0.15, 0.2) is 17.1 Å². The molecule has 0 aliphatic carbocycles. The lowest BCUT2D eigenvalue weighted by atomic mass is 10.1. The fraction of sp³-hybridized carbons (Fsp3) is 0.360. The van der Waals surface area contributed by atoms with E-state index >= 15 is 0 Å². The lowest BCUT2D eigenvalue weighted by Crippen LogP contribution is -2.36. The van der Waals surface area contributed by atoms with Crippen molar-refractivity contribution in [1.82, 2.24) is 20.1 Å². The molecule has 2 amide bonds. The summed E-state index contributed by atoms with van der Waals surface area (Å²) >= 11 is 1.29. The molecule has 0 fully saturated rings. The minimum Gasteiger partial charge on any atom is -0.481 e. The molecule has 0 aliphatic rings. The summed E-state index contributed by atoms with van der Waals surface area (Å²) in [5.41, 5.74) is 3.13. The molecule has 2 N–H and O–H groups in total. The summed E-state index contributed by atoms with van der Waals surface area (Å²) in [6, 6.07) is 15.5. The van der Waals surface area contributed by atoms with Gasteiger partial charge >= 0.3 is 0 Å².